The maximum Gasteiger partial charge on any atom is 0.197 e. The molecule has 2 atom stereocenters. The topological polar surface area (TPSA) is 36.9 Å². The van der Waals surface area contributed by atoms with Crippen molar-refractivity contribution in [2.24, 2.45) is 0 Å². The normalized spacial score (nSPS) is 21.7. The highest BCUT2D eigenvalue weighted by Crippen LogP contribution is 2.27. The van der Waals surface area contributed by atoms with Crippen molar-refractivity contribution >= 4 is 0 Å². The van der Waals surface area contributed by atoms with Crippen molar-refractivity contribution in [1.29, 1.82) is 0 Å². The van der Waals surface area contributed by atoms with Crippen LogP contribution in [0.2, 0.25) is 0 Å². The molecule has 0 radical (unpaired) electrons. The van der Waals surface area contributed by atoms with Crippen molar-refractivity contribution in [2.75, 3.05) is 0 Å². The van der Waals surface area contributed by atoms with Crippen molar-refractivity contribution in [3.63, 3.8) is 0 Å². The van der Waals surface area contributed by atoms with Crippen molar-refractivity contribution < 1.29 is 18.9 Å². The largest absolute Gasteiger partial charge is 0.465 e. The third-order valence-electron chi connectivity index (χ3n) is 4.97. The van der Waals surface area contributed by atoms with E-state index in [1.54, 1.807) is 0 Å². The Bertz CT molecular complexity index is 673. The molecular weight excluding hydrogens is 352 g/mol. The van der Waals surface area contributed by atoms with Crippen LogP contribution in [0.3, 0.4) is 0 Å². The zero-order chi connectivity index (χ0) is 19.9. The molecule has 1 aliphatic rings. The molecule has 152 valence electrons. The van der Waals surface area contributed by atoms with Crippen molar-refractivity contribution in [3.05, 3.63) is 59.7 Å². The molecule has 4 heteroatoms. The van der Waals surface area contributed by atoms with Gasteiger partial charge in [-0.25, -0.2) is 0 Å². The lowest BCUT2D eigenvalue weighted by Gasteiger charge is -2.32. The molecule has 2 aromatic rings. The van der Waals surface area contributed by atoms with E-state index in [1.165, 1.54) is 11.1 Å². The summed E-state index contributed by atoms with van der Waals surface area (Å²) in [5.74, 6) is 1.71. The van der Waals surface area contributed by atoms with Crippen LogP contribution >= 0.6 is 0 Å². The molecule has 0 aromatic heterocycles. The lowest BCUT2D eigenvalue weighted by Crippen LogP contribution is -2.33. The molecule has 2 aromatic carbocycles. The first kappa shape index (κ1) is 20.7. The molecule has 2 unspecified atom stereocenters. The first-order chi connectivity index (χ1) is 13.5. The Morgan fingerprint density at radius 1 is 0.679 bits per heavy atom. The van der Waals surface area contributed by atoms with Gasteiger partial charge in [0.2, 0.25) is 0 Å². The van der Waals surface area contributed by atoms with Crippen molar-refractivity contribution in [1.82, 2.24) is 0 Å². The molecule has 3 rings (SSSR count). The summed E-state index contributed by atoms with van der Waals surface area (Å²) < 4.78 is 24.0. The maximum absolute atomic E-state index is 6.09. The summed E-state index contributed by atoms with van der Waals surface area (Å²) in [4.78, 5) is 0. The van der Waals surface area contributed by atoms with Crippen LogP contribution in [0.1, 0.15) is 50.7 Å². The van der Waals surface area contributed by atoms with Crippen LogP contribution in [-0.4, -0.2) is 24.8 Å². The van der Waals surface area contributed by atoms with Gasteiger partial charge in [0.15, 0.2) is 12.6 Å². The molecule has 28 heavy (non-hydrogen) atoms. The Labute approximate surface area is 168 Å². The van der Waals surface area contributed by atoms with E-state index < -0.39 is 0 Å². The van der Waals surface area contributed by atoms with Crippen LogP contribution in [-0.2, 0) is 9.47 Å². The zero-order valence-electron chi connectivity index (χ0n) is 17.4. The van der Waals surface area contributed by atoms with Crippen LogP contribution in [0.25, 0.3) is 0 Å². The quantitative estimate of drug-likeness (QED) is 0.539. The molecule has 0 bridgehead atoms. The minimum Gasteiger partial charge on any atom is -0.465 e. The van der Waals surface area contributed by atoms with E-state index in [0.717, 1.165) is 37.2 Å². The maximum atomic E-state index is 6.09. The molecular formula is C24H32O4. The van der Waals surface area contributed by atoms with Crippen LogP contribution in [0, 0.1) is 13.8 Å². The SMILES string of the molecule is Cc1cccc(OC(C)OC2CCC(OC(C)Oc3cccc(C)c3)CC2)c1. The van der Waals surface area contributed by atoms with Gasteiger partial charge >= 0.3 is 0 Å². The van der Waals surface area contributed by atoms with E-state index in [0.29, 0.717) is 0 Å². The van der Waals surface area contributed by atoms with Crippen LogP contribution < -0.4 is 9.47 Å². The molecule has 0 aliphatic heterocycles. The van der Waals surface area contributed by atoms with Gasteiger partial charge in [-0.2, -0.15) is 0 Å². The zero-order valence-corrected chi connectivity index (χ0v) is 17.4. The Hall–Kier alpha value is -2.04. The average Bonchev–Trinajstić information content (AvgIpc) is 2.63. The predicted molar refractivity (Wildman–Crippen MR) is 111 cm³/mol. The molecule has 4 nitrogen and oxygen atoms in total. The first-order valence-corrected chi connectivity index (χ1v) is 10.3. The molecule has 1 aliphatic carbocycles. The van der Waals surface area contributed by atoms with Crippen LogP contribution in [0.15, 0.2) is 48.5 Å². The highest BCUT2D eigenvalue weighted by molar-refractivity contribution is 5.28. The molecule has 1 saturated carbocycles. The fourth-order valence-corrected chi connectivity index (χ4v) is 3.66. The molecule has 0 spiro atoms. The fraction of sp³-hybridized carbons (Fsp3) is 0.500. The highest BCUT2D eigenvalue weighted by atomic mass is 16.7. The standard InChI is InChI=1S/C24H32O4/c1-17-7-5-9-23(15-17)27-19(3)25-21-11-13-22(14-12-21)26-20(4)28-24-10-6-8-18(2)16-24/h5-10,15-16,19-22H,11-14H2,1-4H3. The summed E-state index contributed by atoms with van der Waals surface area (Å²) in [6.07, 6.45) is 3.82. The Kier molecular flexibility index (Phi) is 7.35. The van der Waals surface area contributed by atoms with Crippen molar-refractivity contribution in [2.45, 2.75) is 78.2 Å². The first-order valence-electron chi connectivity index (χ1n) is 10.3. The monoisotopic (exact) mass is 384 g/mol. The Morgan fingerprint density at radius 2 is 1.07 bits per heavy atom. The summed E-state index contributed by atoms with van der Waals surface area (Å²) in [6, 6.07) is 16.1. The van der Waals surface area contributed by atoms with E-state index in [4.69, 9.17) is 18.9 Å². The van der Waals surface area contributed by atoms with Gasteiger partial charge in [0.25, 0.3) is 0 Å². The minimum absolute atomic E-state index is 0.215. The van der Waals surface area contributed by atoms with E-state index in [-0.39, 0.29) is 24.8 Å². The summed E-state index contributed by atoms with van der Waals surface area (Å²) in [6.45, 7) is 8.04. The van der Waals surface area contributed by atoms with Gasteiger partial charge in [-0.1, -0.05) is 24.3 Å². The molecule has 0 N–H and O–H groups in total. The van der Waals surface area contributed by atoms with E-state index in [1.807, 2.05) is 50.2 Å². The van der Waals surface area contributed by atoms with E-state index in [2.05, 4.69) is 26.0 Å². The van der Waals surface area contributed by atoms with E-state index >= 15 is 0 Å². The van der Waals surface area contributed by atoms with Gasteiger partial charge in [0, 0.05) is 0 Å². The number of rotatable bonds is 8. The van der Waals surface area contributed by atoms with Gasteiger partial charge in [-0.05, 0) is 88.8 Å². The van der Waals surface area contributed by atoms with Gasteiger partial charge < -0.3 is 18.9 Å². The number of aryl methyl sites for hydroxylation is 2. The second-order valence-electron chi connectivity index (χ2n) is 7.67. The van der Waals surface area contributed by atoms with Crippen LogP contribution in [0.5, 0.6) is 11.5 Å². The summed E-state index contributed by atoms with van der Waals surface area (Å²) >= 11 is 0. The Morgan fingerprint density at radius 3 is 1.43 bits per heavy atom. The van der Waals surface area contributed by atoms with E-state index in [9.17, 15) is 0 Å². The number of hydrogen-bond acceptors (Lipinski definition) is 4. The predicted octanol–water partition coefficient (Wildman–Crippen LogP) is 5.80. The fourth-order valence-electron chi connectivity index (χ4n) is 3.66. The molecule has 0 heterocycles. The molecule has 0 saturated heterocycles. The second kappa shape index (κ2) is 9.94. The third-order valence-corrected chi connectivity index (χ3v) is 4.97. The third kappa shape index (κ3) is 6.54. The average molecular weight is 385 g/mol. The number of ether oxygens (including phenoxy) is 4. The lowest BCUT2D eigenvalue weighted by atomic mass is 9.95. The lowest BCUT2D eigenvalue weighted by molar-refractivity contribution is -0.152. The summed E-state index contributed by atoms with van der Waals surface area (Å²) in [5.41, 5.74) is 2.37. The highest BCUT2D eigenvalue weighted by Gasteiger charge is 2.25. The van der Waals surface area contributed by atoms with Crippen molar-refractivity contribution in [3.8, 4) is 11.5 Å². The Balaban J connectivity index is 1.38. The van der Waals surface area contributed by atoms with Crippen LogP contribution in [0.4, 0.5) is 0 Å². The molecule has 0 amide bonds. The van der Waals surface area contributed by atoms with Gasteiger partial charge in [0.1, 0.15) is 11.5 Å². The van der Waals surface area contributed by atoms with Gasteiger partial charge in [-0.3, -0.25) is 0 Å². The molecule has 1 fully saturated rings. The number of benzene rings is 2. The number of hydrogen-bond donors (Lipinski definition) is 0. The smallest absolute Gasteiger partial charge is 0.197 e. The van der Waals surface area contributed by atoms with Gasteiger partial charge in [0.05, 0.1) is 12.2 Å². The van der Waals surface area contributed by atoms with Gasteiger partial charge in [-0.15, -0.1) is 0 Å². The second-order valence-corrected chi connectivity index (χ2v) is 7.67. The summed E-state index contributed by atoms with van der Waals surface area (Å²) in [5, 5.41) is 0. The minimum atomic E-state index is -0.257. The summed E-state index contributed by atoms with van der Waals surface area (Å²) in [7, 11) is 0.